The van der Waals surface area contributed by atoms with E-state index in [1.165, 1.54) is 0 Å². The predicted molar refractivity (Wildman–Crippen MR) is 73.0 cm³/mol. The first kappa shape index (κ1) is 17.4. The van der Waals surface area contributed by atoms with Crippen LogP contribution in [0.15, 0.2) is 0 Å². The van der Waals surface area contributed by atoms with Crippen LogP contribution >= 0.6 is 11.8 Å². The third kappa shape index (κ3) is 7.23. The molecule has 1 aliphatic rings. The van der Waals surface area contributed by atoms with Crippen LogP contribution in [0.4, 0.5) is 18.0 Å². The van der Waals surface area contributed by atoms with Gasteiger partial charge in [-0.1, -0.05) is 0 Å². The third-order valence-corrected chi connectivity index (χ3v) is 3.95. The van der Waals surface area contributed by atoms with Gasteiger partial charge in [-0.2, -0.15) is 24.9 Å². The topological polar surface area (TPSA) is 41.6 Å². The third-order valence-electron chi connectivity index (χ3n) is 2.96. The first-order valence-corrected chi connectivity index (χ1v) is 7.82. The lowest BCUT2D eigenvalue weighted by Crippen LogP contribution is -2.45. The van der Waals surface area contributed by atoms with Gasteiger partial charge < -0.3 is 15.0 Å². The molecule has 1 saturated heterocycles. The molecule has 118 valence electrons. The highest BCUT2D eigenvalue weighted by atomic mass is 32.2. The van der Waals surface area contributed by atoms with E-state index in [1.807, 2.05) is 18.7 Å². The Hall–Kier alpha value is -0.630. The Labute approximate surface area is 121 Å². The number of halogens is 3. The first-order valence-electron chi connectivity index (χ1n) is 6.67. The zero-order valence-electron chi connectivity index (χ0n) is 11.5. The molecule has 0 radical (unpaired) electrons. The van der Waals surface area contributed by atoms with Crippen LogP contribution in [0.3, 0.4) is 0 Å². The summed E-state index contributed by atoms with van der Waals surface area (Å²) in [6, 6.07) is 0.0577. The second kappa shape index (κ2) is 8.61. The highest BCUT2D eigenvalue weighted by molar-refractivity contribution is 7.99. The maximum atomic E-state index is 11.9. The summed E-state index contributed by atoms with van der Waals surface area (Å²) in [5.74, 6) is 1.97. The molecule has 0 spiro atoms. The molecule has 2 amide bonds. The fraction of sp³-hybridized carbons (Fsp3) is 0.917. The molecule has 1 aliphatic heterocycles. The number of rotatable bonds is 5. The number of alkyl halides is 3. The van der Waals surface area contributed by atoms with Gasteiger partial charge in [0.25, 0.3) is 0 Å². The molecule has 0 unspecified atom stereocenters. The van der Waals surface area contributed by atoms with Gasteiger partial charge in [0.15, 0.2) is 0 Å². The highest BCUT2D eigenvalue weighted by Gasteiger charge is 2.27. The molecule has 4 nitrogen and oxygen atoms in total. The van der Waals surface area contributed by atoms with E-state index in [1.54, 1.807) is 4.90 Å². The molecule has 0 aromatic carbocycles. The van der Waals surface area contributed by atoms with Crippen molar-refractivity contribution < 1.29 is 22.7 Å². The number of nitrogens with zero attached hydrogens (tertiary/aromatic N) is 1. The Kier molecular flexibility index (Phi) is 7.50. The average molecular weight is 314 g/mol. The number of thioether (sulfide) groups is 1. The molecule has 1 heterocycles. The molecular weight excluding hydrogens is 293 g/mol. The van der Waals surface area contributed by atoms with Crippen LogP contribution in [0.5, 0.6) is 0 Å². The van der Waals surface area contributed by atoms with E-state index in [0.717, 1.165) is 17.9 Å². The van der Waals surface area contributed by atoms with Gasteiger partial charge in [0.05, 0.1) is 0 Å². The summed E-state index contributed by atoms with van der Waals surface area (Å²) in [6.45, 7) is 1.81. The Bertz CT molecular complexity index is 303. The second-order valence-corrected chi connectivity index (χ2v) is 5.92. The zero-order chi connectivity index (χ0) is 15.0. The van der Waals surface area contributed by atoms with E-state index < -0.39 is 12.8 Å². The van der Waals surface area contributed by atoms with Gasteiger partial charge >= 0.3 is 12.2 Å². The quantitative estimate of drug-likeness (QED) is 0.793. The minimum absolute atomic E-state index is 0.00873. The Balaban J connectivity index is 2.13. The zero-order valence-corrected chi connectivity index (χ0v) is 12.4. The summed E-state index contributed by atoms with van der Waals surface area (Å²) in [6.07, 6.45) is -2.95. The van der Waals surface area contributed by atoms with E-state index in [4.69, 9.17) is 0 Å². The summed E-state index contributed by atoms with van der Waals surface area (Å²) in [5.41, 5.74) is 0. The number of ether oxygens (including phenoxy) is 1. The van der Waals surface area contributed by atoms with Gasteiger partial charge in [0, 0.05) is 31.5 Å². The number of urea groups is 1. The molecular formula is C12H21F3N2O2S. The number of carbonyl (C=O) groups is 1. The van der Waals surface area contributed by atoms with Crippen LogP contribution in [0.25, 0.3) is 0 Å². The lowest BCUT2D eigenvalue weighted by Gasteiger charge is -2.27. The van der Waals surface area contributed by atoms with Crippen LogP contribution in [0, 0.1) is 0 Å². The fourth-order valence-corrected chi connectivity index (χ4v) is 2.89. The maximum Gasteiger partial charge on any atom is 0.411 e. The molecule has 0 bridgehead atoms. The van der Waals surface area contributed by atoms with Crippen molar-refractivity contribution >= 4 is 17.8 Å². The average Bonchev–Trinajstić information content (AvgIpc) is 2.56. The van der Waals surface area contributed by atoms with Crippen molar-refractivity contribution in [2.45, 2.75) is 32.0 Å². The number of hydrogen-bond donors (Lipinski definition) is 1. The van der Waals surface area contributed by atoms with Crippen molar-refractivity contribution in [2.24, 2.45) is 0 Å². The van der Waals surface area contributed by atoms with Gasteiger partial charge in [-0.25, -0.2) is 4.79 Å². The van der Waals surface area contributed by atoms with E-state index in [2.05, 4.69) is 10.1 Å². The van der Waals surface area contributed by atoms with E-state index >= 15 is 0 Å². The Morgan fingerprint density at radius 1 is 1.45 bits per heavy atom. The molecule has 0 aromatic heterocycles. The minimum Gasteiger partial charge on any atom is -0.372 e. The Morgan fingerprint density at radius 2 is 2.20 bits per heavy atom. The van der Waals surface area contributed by atoms with Crippen molar-refractivity contribution in [2.75, 3.05) is 37.8 Å². The van der Waals surface area contributed by atoms with Crippen molar-refractivity contribution in [3.8, 4) is 0 Å². The lowest BCUT2D eigenvalue weighted by atomic mass is 10.2. The van der Waals surface area contributed by atoms with Crippen molar-refractivity contribution in [1.82, 2.24) is 10.2 Å². The van der Waals surface area contributed by atoms with Gasteiger partial charge in [0.1, 0.15) is 6.61 Å². The van der Waals surface area contributed by atoms with Crippen molar-refractivity contribution in [3.63, 3.8) is 0 Å². The molecule has 0 aliphatic carbocycles. The number of hydrogen-bond acceptors (Lipinski definition) is 3. The molecule has 1 N–H and O–H groups in total. The normalized spacial score (nSPS) is 20.6. The SMILES string of the molecule is C[C@H]1CCSCCN1C(=O)NCCCOCC(F)(F)F. The summed E-state index contributed by atoms with van der Waals surface area (Å²) < 4.78 is 39.9. The van der Waals surface area contributed by atoms with Crippen molar-refractivity contribution in [3.05, 3.63) is 0 Å². The lowest BCUT2D eigenvalue weighted by molar-refractivity contribution is -0.173. The molecule has 1 atom stereocenters. The summed E-state index contributed by atoms with van der Waals surface area (Å²) in [7, 11) is 0. The number of nitrogens with one attached hydrogen (secondary N) is 1. The molecule has 8 heteroatoms. The maximum absolute atomic E-state index is 11.9. The van der Waals surface area contributed by atoms with Gasteiger partial charge in [-0.05, 0) is 25.5 Å². The van der Waals surface area contributed by atoms with Gasteiger partial charge in [-0.3, -0.25) is 0 Å². The minimum atomic E-state index is -4.29. The van der Waals surface area contributed by atoms with Gasteiger partial charge in [0.2, 0.25) is 0 Å². The Morgan fingerprint density at radius 3 is 2.90 bits per heavy atom. The molecule has 1 rings (SSSR count). The summed E-state index contributed by atoms with van der Waals surface area (Å²) in [4.78, 5) is 13.7. The van der Waals surface area contributed by atoms with Gasteiger partial charge in [-0.15, -0.1) is 0 Å². The first-order chi connectivity index (χ1) is 9.40. The van der Waals surface area contributed by atoms with E-state index in [-0.39, 0.29) is 18.7 Å². The van der Waals surface area contributed by atoms with Crippen LogP contribution in [-0.4, -0.2) is 61.0 Å². The standard InChI is InChI=1S/C12H21F3N2O2S/c1-10-3-7-20-8-5-17(10)11(18)16-4-2-6-19-9-12(13,14)15/h10H,2-9H2,1H3,(H,16,18)/t10-/m0/s1. The smallest absolute Gasteiger partial charge is 0.372 e. The monoisotopic (exact) mass is 314 g/mol. The number of amides is 2. The molecule has 0 saturated carbocycles. The summed E-state index contributed by atoms with van der Waals surface area (Å²) in [5, 5.41) is 2.72. The van der Waals surface area contributed by atoms with Crippen molar-refractivity contribution in [1.29, 1.82) is 0 Å². The number of carbonyl (C=O) groups excluding carboxylic acids is 1. The van der Waals surface area contributed by atoms with E-state index in [9.17, 15) is 18.0 Å². The van der Waals surface area contributed by atoms with Crippen LogP contribution in [0.1, 0.15) is 19.8 Å². The molecule has 20 heavy (non-hydrogen) atoms. The molecule has 1 fully saturated rings. The summed E-state index contributed by atoms with van der Waals surface area (Å²) >= 11 is 1.83. The van der Waals surface area contributed by atoms with E-state index in [0.29, 0.717) is 19.5 Å². The highest BCUT2D eigenvalue weighted by Crippen LogP contribution is 2.16. The predicted octanol–water partition coefficient (Wildman–Crippen LogP) is 2.49. The van der Waals surface area contributed by atoms with Crippen LogP contribution in [0.2, 0.25) is 0 Å². The second-order valence-electron chi connectivity index (χ2n) is 4.70. The van der Waals surface area contributed by atoms with Crippen LogP contribution < -0.4 is 5.32 Å². The fourth-order valence-electron chi connectivity index (χ4n) is 1.86. The van der Waals surface area contributed by atoms with Crippen LogP contribution in [-0.2, 0) is 4.74 Å². The molecule has 0 aromatic rings. The largest absolute Gasteiger partial charge is 0.411 e.